The topological polar surface area (TPSA) is 81.4 Å². The van der Waals surface area contributed by atoms with Crippen molar-refractivity contribution < 1.29 is 18.3 Å². The van der Waals surface area contributed by atoms with Crippen LogP contribution in [0.2, 0.25) is 0 Å². The monoisotopic (exact) mass is 472 g/mol. The molecule has 5 aromatic rings. The number of fused-ring (bicyclic) bond motifs is 2. The summed E-state index contributed by atoms with van der Waals surface area (Å²) in [6, 6.07) is 29.5. The van der Waals surface area contributed by atoms with Gasteiger partial charge in [0.15, 0.2) is 9.84 Å². The molecule has 0 saturated heterocycles. The van der Waals surface area contributed by atoms with E-state index in [1.165, 1.54) is 0 Å². The van der Waals surface area contributed by atoms with E-state index in [1.807, 2.05) is 66.7 Å². The largest absolute Gasteiger partial charge is 0.490 e. The number of hydrogen-bond donors (Lipinski definition) is 1. The summed E-state index contributed by atoms with van der Waals surface area (Å²) in [7, 11) is -3.60. The zero-order valence-electron chi connectivity index (χ0n) is 18.4. The van der Waals surface area contributed by atoms with Gasteiger partial charge in [0.05, 0.1) is 22.5 Å². The Morgan fingerprint density at radius 3 is 2.41 bits per heavy atom. The van der Waals surface area contributed by atoms with Crippen molar-refractivity contribution in [3.8, 4) is 5.75 Å². The Labute approximate surface area is 198 Å². The zero-order valence-corrected chi connectivity index (χ0v) is 19.2. The average molecular weight is 473 g/mol. The molecule has 1 N–H and O–H groups in total. The number of imidazole rings is 1. The highest BCUT2D eigenvalue weighted by molar-refractivity contribution is 7.90. The van der Waals surface area contributed by atoms with Crippen LogP contribution < -0.4 is 4.74 Å². The van der Waals surface area contributed by atoms with Crippen molar-refractivity contribution in [1.29, 1.82) is 0 Å². The molecule has 4 aromatic carbocycles. The molecule has 0 radical (unpaired) electrons. The molecule has 1 unspecified atom stereocenters. The van der Waals surface area contributed by atoms with Gasteiger partial charge in [0.25, 0.3) is 0 Å². The van der Waals surface area contributed by atoms with Gasteiger partial charge in [0.2, 0.25) is 0 Å². The molecule has 7 heteroatoms. The fraction of sp³-hybridized carbons (Fsp3) is 0.148. The number of sulfone groups is 1. The Morgan fingerprint density at radius 2 is 1.56 bits per heavy atom. The van der Waals surface area contributed by atoms with Crippen LogP contribution in [0.5, 0.6) is 5.75 Å². The van der Waals surface area contributed by atoms with Gasteiger partial charge in [-0.05, 0) is 35.7 Å². The van der Waals surface area contributed by atoms with Crippen LogP contribution in [0.1, 0.15) is 5.82 Å². The Kier molecular flexibility index (Phi) is 6.04. The summed E-state index contributed by atoms with van der Waals surface area (Å²) in [6.07, 6.45) is -0.866. The maximum atomic E-state index is 13.0. The number of ether oxygens (including phenoxy) is 1. The minimum Gasteiger partial charge on any atom is -0.490 e. The van der Waals surface area contributed by atoms with Crippen LogP contribution >= 0.6 is 0 Å². The summed E-state index contributed by atoms with van der Waals surface area (Å²) in [4.78, 5) is 4.81. The molecule has 1 aromatic heterocycles. The van der Waals surface area contributed by atoms with E-state index in [4.69, 9.17) is 4.74 Å². The third kappa shape index (κ3) is 4.53. The van der Waals surface area contributed by atoms with Crippen LogP contribution in [0, 0.1) is 0 Å². The molecule has 0 aliphatic rings. The van der Waals surface area contributed by atoms with E-state index in [9.17, 15) is 13.5 Å². The molecule has 0 aliphatic carbocycles. The van der Waals surface area contributed by atoms with Gasteiger partial charge in [-0.1, -0.05) is 66.7 Å². The molecular formula is C27H24N2O4S. The smallest absolute Gasteiger partial charge is 0.185 e. The van der Waals surface area contributed by atoms with Crippen molar-refractivity contribution >= 4 is 31.6 Å². The summed E-state index contributed by atoms with van der Waals surface area (Å²) >= 11 is 0. The summed E-state index contributed by atoms with van der Waals surface area (Å²) < 4.78 is 33.7. The molecule has 34 heavy (non-hydrogen) atoms. The van der Waals surface area contributed by atoms with Gasteiger partial charge in [0.1, 0.15) is 30.0 Å². The quantitative estimate of drug-likeness (QED) is 0.357. The van der Waals surface area contributed by atoms with Crippen LogP contribution in [0.4, 0.5) is 0 Å². The number of nitrogens with zero attached hydrogens (tertiary/aromatic N) is 2. The number of hydrogen-bond acceptors (Lipinski definition) is 5. The highest BCUT2D eigenvalue weighted by Gasteiger charge is 2.22. The van der Waals surface area contributed by atoms with E-state index in [1.54, 1.807) is 34.9 Å². The number of para-hydroxylation sites is 2. The second-order valence-corrected chi connectivity index (χ2v) is 10.1. The standard InChI is InChI=1S/C27H24N2O4S/c30-21(18-33-26-16-8-10-20-9-4-5-13-23(20)26)17-29-25-15-7-6-14-24(25)28-27(29)19-34(31,32)22-11-2-1-3-12-22/h1-16,21,30H,17-19H2. The van der Waals surface area contributed by atoms with Gasteiger partial charge in [-0.15, -0.1) is 0 Å². The number of rotatable bonds is 8. The first-order valence-electron chi connectivity index (χ1n) is 11.0. The van der Waals surface area contributed by atoms with Gasteiger partial charge in [-0.2, -0.15) is 0 Å². The Bertz CT molecular complexity index is 1540. The average Bonchev–Trinajstić information content (AvgIpc) is 3.19. The van der Waals surface area contributed by atoms with Crippen LogP contribution in [-0.2, 0) is 22.1 Å². The second kappa shape index (κ2) is 9.29. The Balaban J connectivity index is 1.39. The molecule has 0 spiro atoms. The maximum absolute atomic E-state index is 13.0. The van der Waals surface area contributed by atoms with Gasteiger partial charge < -0.3 is 14.4 Å². The lowest BCUT2D eigenvalue weighted by atomic mass is 10.1. The SMILES string of the molecule is O=S(=O)(Cc1nc2ccccc2n1CC(O)COc1cccc2ccccc12)c1ccccc1. The molecule has 0 amide bonds. The molecule has 6 nitrogen and oxygen atoms in total. The third-order valence-corrected chi connectivity index (χ3v) is 7.36. The lowest BCUT2D eigenvalue weighted by Gasteiger charge is -2.16. The van der Waals surface area contributed by atoms with Crippen LogP contribution in [0.25, 0.3) is 21.8 Å². The van der Waals surface area contributed by atoms with Crippen LogP contribution in [0.3, 0.4) is 0 Å². The second-order valence-electron chi connectivity index (χ2n) is 8.14. The van der Waals surface area contributed by atoms with Gasteiger partial charge in [0, 0.05) is 5.39 Å². The lowest BCUT2D eigenvalue weighted by molar-refractivity contribution is 0.0936. The van der Waals surface area contributed by atoms with Crippen molar-refractivity contribution in [2.45, 2.75) is 23.3 Å². The van der Waals surface area contributed by atoms with Crippen molar-refractivity contribution in [3.05, 3.63) is 103 Å². The molecule has 0 fully saturated rings. The van der Waals surface area contributed by atoms with E-state index in [2.05, 4.69) is 4.98 Å². The highest BCUT2D eigenvalue weighted by Crippen LogP contribution is 2.26. The fourth-order valence-corrected chi connectivity index (χ4v) is 5.39. The van der Waals surface area contributed by atoms with E-state index in [0.29, 0.717) is 17.1 Å². The summed E-state index contributed by atoms with van der Waals surface area (Å²) in [6.45, 7) is 0.219. The molecule has 172 valence electrons. The number of aliphatic hydroxyl groups excluding tert-OH is 1. The normalized spacial score (nSPS) is 12.7. The molecule has 0 saturated carbocycles. The van der Waals surface area contributed by atoms with Crippen molar-refractivity contribution in [2.75, 3.05) is 6.61 Å². The number of aliphatic hydroxyl groups is 1. The molecule has 0 bridgehead atoms. The van der Waals surface area contributed by atoms with Crippen molar-refractivity contribution in [3.63, 3.8) is 0 Å². The fourth-order valence-electron chi connectivity index (χ4n) is 4.09. The van der Waals surface area contributed by atoms with E-state index in [-0.39, 0.29) is 23.8 Å². The first-order valence-corrected chi connectivity index (χ1v) is 12.7. The minimum atomic E-state index is -3.60. The van der Waals surface area contributed by atoms with Crippen molar-refractivity contribution in [2.24, 2.45) is 0 Å². The first kappa shape index (κ1) is 22.1. The Hall–Kier alpha value is -3.68. The summed E-state index contributed by atoms with van der Waals surface area (Å²) in [5.74, 6) is 0.816. The first-order chi connectivity index (χ1) is 16.5. The van der Waals surface area contributed by atoms with Gasteiger partial charge in [-0.3, -0.25) is 0 Å². The molecule has 5 rings (SSSR count). The maximum Gasteiger partial charge on any atom is 0.185 e. The van der Waals surface area contributed by atoms with Crippen LogP contribution in [0.15, 0.2) is 102 Å². The third-order valence-electron chi connectivity index (χ3n) is 5.73. The van der Waals surface area contributed by atoms with Gasteiger partial charge >= 0.3 is 0 Å². The van der Waals surface area contributed by atoms with Crippen LogP contribution in [-0.4, -0.2) is 35.8 Å². The highest BCUT2D eigenvalue weighted by atomic mass is 32.2. The van der Waals surface area contributed by atoms with E-state index in [0.717, 1.165) is 16.3 Å². The predicted molar refractivity (Wildman–Crippen MR) is 133 cm³/mol. The minimum absolute atomic E-state index is 0.0609. The van der Waals surface area contributed by atoms with E-state index >= 15 is 0 Å². The number of aromatic nitrogens is 2. The van der Waals surface area contributed by atoms with E-state index < -0.39 is 15.9 Å². The van der Waals surface area contributed by atoms with Gasteiger partial charge in [-0.25, -0.2) is 13.4 Å². The lowest BCUT2D eigenvalue weighted by Crippen LogP contribution is -2.25. The zero-order chi connectivity index (χ0) is 23.5. The molecular weight excluding hydrogens is 448 g/mol. The molecule has 1 atom stereocenters. The molecule has 1 heterocycles. The molecule has 0 aliphatic heterocycles. The summed E-state index contributed by atoms with van der Waals surface area (Å²) in [5, 5.41) is 12.9. The predicted octanol–water partition coefficient (Wildman–Crippen LogP) is 4.60. The van der Waals surface area contributed by atoms with Crippen molar-refractivity contribution in [1.82, 2.24) is 9.55 Å². The summed E-state index contributed by atoms with van der Waals surface area (Å²) in [5.41, 5.74) is 1.45. The number of benzene rings is 4. The Morgan fingerprint density at radius 1 is 0.853 bits per heavy atom.